The van der Waals surface area contributed by atoms with E-state index in [1.54, 1.807) is 0 Å². The maximum atomic E-state index is 5.66. The van der Waals surface area contributed by atoms with Crippen LogP contribution in [0.5, 0.6) is 0 Å². The van der Waals surface area contributed by atoms with Gasteiger partial charge in [-0.25, -0.2) is 4.98 Å². The number of hydrogen-bond acceptors (Lipinski definition) is 2. The average Bonchev–Trinajstić information content (AvgIpc) is 2.10. The summed E-state index contributed by atoms with van der Waals surface area (Å²) in [5.41, 5.74) is 0. The van der Waals surface area contributed by atoms with Gasteiger partial charge in [0.05, 0.1) is 0 Å². The van der Waals surface area contributed by atoms with Crippen LogP contribution >= 0.6 is 34.5 Å². The summed E-state index contributed by atoms with van der Waals surface area (Å²) >= 11 is 12.7. The van der Waals surface area contributed by atoms with Crippen molar-refractivity contribution >= 4 is 34.5 Å². The van der Waals surface area contributed by atoms with E-state index in [1.165, 1.54) is 11.3 Å². The van der Waals surface area contributed by atoms with Gasteiger partial charge in [-0.3, -0.25) is 0 Å². The topological polar surface area (TPSA) is 12.9 Å². The Labute approximate surface area is 67.6 Å². The number of hydrogen-bond donors (Lipinski definition) is 0. The molecule has 0 spiro atoms. The number of rotatable bonds is 1. The second kappa shape index (κ2) is 2.86. The molecule has 50 valence electrons. The van der Waals surface area contributed by atoms with Gasteiger partial charge in [0.2, 0.25) is 0 Å². The minimum Gasteiger partial charge on any atom is -0.213 e. The number of aromatic nitrogens is 1. The van der Waals surface area contributed by atoms with Gasteiger partial charge in [0.15, 0.2) is 4.47 Å². The molecule has 0 radical (unpaired) electrons. The highest BCUT2D eigenvalue weighted by Crippen LogP contribution is 2.26. The van der Waals surface area contributed by atoms with E-state index in [1.807, 2.05) is 6.92 Å². The van der Waals surface area contributed by atoms with Crippen molar-refractivity contribution < 1.29 is 0 Å². The van der Waals surface area contributed by atoms with Crippen LogP contribution < -0.4 is 0 Å². The van der Waals surface area contributed by atoms with Crippen molar-refractivity contribution in [2.24, 2.45) is 0 Å². The van der Waals surface area contributed by atoms with E-state index >= 15 is 0 Å². The van der Waals surface area contributed by atoms with Crippen LogP contribution in [0.4, 0.5) is 0 Å². The predicted octanol–water partition coefficient (Wildman–Crippen LogP) is 3.01. The molecule has 0 aromatic carbocycles. The quantitative estimate of drug-likeness (QED) is 0.650. The van der Waals surface area contributed by atoms with Crippen LogP contribution in [0.25, 0.3) is 0 Å². The number of halogens is 2. The first-order valence-electron chi connectivity index (χ1n) is 2.54. The number of aryl methyl sites for hydroxylation is 1. The largest absolute Gasteiger partial charge is 0.213 e. The molecule has 0 amide bonds. The van der Waals surface area contributed by atoms with Crippen molar-refractivity contribution in [1.82, 2.24) is 4.98 Å². The highest BCUT2D eigenvalue weighted by atomic mass is 35.5. The zero-order valence-electron chi connectivity index (χ0n) is 4.82. The van der Waals surface area contributed by atoms with Crippen molar-refractivity contribution in [2.45, 2.75) is 13.3 Å². The molecule has 1 heterocycles. The molecule has 0 aliphatic rings. The molecule has 4 heteroatoms. The normalized spacial score (nSPS) is 10.1. The molecule has 0 fully saturated rings. The Balaban J connectivity index is 3.01. The Kier molecular flexibility index (Phi) is 2.33. The lowest BCUT2D eigenvalue weighted by Gasteiger charge is -1.82. The third kappa shape index (κ3) is 1.57. The molecule has 0 bridgehead atoms. The van der Waals surface area contributed by atoms with Crippen molar-refractivity contribution in [1.29, 1.82) is 0 Å². The Bertz CT molecular complexity index is 209. The Morgan fingerprint density at radius 3 is 2.44 bits per heavy atom. The van der Waals surface area contributed by atoms with Gasteiger partial charge >= 0.3 is 0 Å². The third-order valence-corrected chi connectivity index (χ3v) is 2.67. The molecule has 0 atom stereocenters. The molecule has 1 aromatic heterocycles. The molecule has 9 heavy (non-hydrogen) atoms. The average molecular weight is 182 g/mol. The fourth-order valence-corrected chi connectivity index (χ4v) is 1.93. The fraction of sp³-hybridized carbons (Fsp3) is 0.400. The summed E-state index contributed by atoms with van der Waals surface area (Å²) in [6.07, 6.45) is 0.906. The molecule has 1 rings (SSSR count). The Morgan fingerprint density at radius 1 is 1.56 bits per heavy atom. The van der Waals surface area contributed by atoms with E-state index in [-0.39, 0.29) is 0 Å². The smallest absolute Gasteiger partial charge is 0.185 e. The minimum atomic E-state index is 0.525. The monoisotopic (exact) mass is 181 g/mol. The van der Waals surface area contributed by atoms with Gasteiger partial charge in [0.1, 0.15) is 5.15 Å². The molecule has 0 unspecified atom stereocenters. The summed E-state index contributed by atoms with van der Waals surface area (Å²) in [5.74, 6) is 0. The molecular weight excluding hydrogens is 177 g/mol. The van der Waals surface area contributed by atoms with Gasteiger partial charge in [0.25, 0.3) is 0 Å². The van der Waals surface area contributed by atoms with E-state index in [0.717, 1.165) is 11.3 Å². The van der Waals surface area contributed by atoms with Gasteiger partial charge in [-0.15, -0.1) is 11.3 Å². The zero-order chi connectivity index (χ0) is 6.85. The first-order valence-corrected chi connectivity index (χ1v) is 4.12. The van der Waals surface area contributed by atoms with Crippen LogP contribution in [0.3, 0.4) is 0 Å². The van der Waals surface area contributed by atoms with E-state index in [9.17, 15) is 0 Å². The fourth-order valence-electron chi connectivity index (χ4n) is 0.524. The summed E-state index contributed by atoms with van der Waals surface area (Å²) in [6.45, 7) is 2.02. The maximum absolute atomic E-state index is 5.66. The molecule has 0 N–H and O–H groups in total. The minimum absolute atomic E-state index is 0.525. The number of nitrogens with zero attached hydrogens (tertiary/aromatic N) is 1. The summed E-state index contributed by atoms with van der Waals surface area (Å²) in [4.78, 5) is 4.89. The van der Waals surface area contributed by atoms with Gasteiger partial charge in [0, 0.05) is 4.88 Å². The lowest BCUT2D eigenvalue weighted by Crippen LogP contribution is -1.70. The molecule has 1 nitrogen and oxygen atoms in total. The summed E-state index contributed by atoms with van der Waals surface area (Å²) in [6, 6.07) is 0. The standard InChI is InChI=1S/C5H5Cl2NS/c1-2-3-4(6)8-5(7)9-3/h2H2,1H3. The number of thiazole rings is 1. The molecule has 0 saturated carbocycles. The Morgan fingerprint density at radius 2 is 2.22 bits per heavy atom. The van der Waals surface area contributed by atoms with Crippen LogP contribution in [-0.4, -0.2) is 4.98 Å². The summed E-state index contributed by atoms with van der Waals surface area (Å²) in [7, 11) is 0. The Hall–Kier alpha value is 0.210. The van der Waals surface area contributed by atoms with Gasteiger partial charge in [-0.05, 0) is 6.42 Å². The lowest BCUT2D eigenvalue weighted by atomic mass is 10.4. The van der Waals surface area contributed by atoms with Crippen molar-refractivity contribution in [2.75, 3.05) is 0 Å². The SMILES string of the molecule is CCc1sc(Cl)nc1Cl. The lowest BCUT2D eigenvalue weighted by molar-refractivity contribution is 1.17. The summed E-state index contributed by atoms with van der Waals surface area (Å²) in [5, 5.41) is 0.549. The molecule has 1 aromatic rings. The highest BCUT2D eigenvalue weighted by Gasteiger charge is 2.03. The van der Waals surface area contributed by atoms with E-state index in [2.05, 4.69) is 4.98 Å². The van der Waals surface area contributed by atoms with Gasteiger partial charge in [-0.1, -0.05) is 30.1 Å². The van der Waals surface area contributed by atoms with Crippen molar-refractivity contribution in [3.63, 3.8) is 0 Å². The second-order valence-corrected chi connectivity index (χ2v) is 3.56. The predicted molar refractivity (Wildman–Crippen MR) is 41.5 cm³/mol. The molecule has 0 aliphatic heterocycles. The van der Waals surface area contributed by atoms with Gasteiger partial charge < -0.3 is 0 Å². The first-order chi connectivity index (χ1) is 4.24. The van der Waals surface area contributed by atoms with Crippen LogP contribution in [-0.2, 0) is 6.42 Å². The van der Waals surface area contributed by atoms with Crippen molar-refractivity contribution in [3.8, 4) is 0 Å². The van der Waals surface area contributed by atoms with Crippen LogP contribution in [0, 0.1) is 0 Å². The second-order valence-electron chi connectivity index (χ2n) is 1.53. The molecule has 0 saturated heterocycles. The highest BCUT2D eigenvalue weighted by molar-refractivity contribution is 7.16. The zero-order valence-corrected chi connectivity index (χ0v) is 7.15. The molecular formula is C5H5Cl2NS. The van der Waals surface area contributed by atoms with Crippen LogP contribution in [0.1, 0.15) is 11.8 Å². The molecule has 0 aliphatic carbocycles. The van der Waals surface area contributed by atoms with E-state index < -0.39 is 0 Å². The third-order valence-electron chi connectivity index (χ3n) is 0.945. The van der Waals surface area contributed by atoms with Gasteiger partial charge in [-0.2, -0.15) is 0 Å². The van der Waals surface area contributed by atoms with E-state index in [0.29, 0.717) is 9.62 Å². The van der Waals surface area contributed by atoms with Crippen LogP contribution in [0.15, 0.2) is 0 Å². The van der Waals surface area contributed by atoms with Crippen molar-refractivity contribution in [3.05, 3.63) is 14.5 Å². The van der Waals surface area contributed by atoms with E-state index in [4.69, 9.17) is 23.2 Å². The maximum Gasteiger partial charge on any atom is 0.185 e. The summed E-state index contributed by atoms with van der Waals surface area (Å²) < 4.78 is 0.525. The first kappa shape index (κ1) is 7.32. The van der Waals surface area contributed by atoms with Crippen LogP contribution in [0.2, 0.25) is 9.62 Å².